The van der Waals surface area contributed by atoms with Crippen LogP contribution in [-0.4, -0.2) is 36.7 Å². The average Bonchev–Trinajstić information content (AvgIpc) is 2.80. The summed E-state index contributed by atoms with van der Waals surface area (Å²) in [5.74, 6) is 0.597. The Hall–Kier alpha value is -3.28. The molecule has 0 atom stereocenters. The highest BCUT2D eigenvalue weighted by molar-refractivity contribution is 5.85. The molecule has 6 heteroatoms. The minimum Gasteiger partial charge on any atom is -0.493 e. The fraction of sp³-hybridized carbons (Fsp3) is 0.360. The Morgan fingerprint density at radius 1 is 1.06 bits per heavy atom. The quantitative estimate of drug-likeness (QED) is 0.479. The molecule has 3 aromatic rings. The van der Waals surface area contributed by atoms with Gasteiger partial charge < -0.3 is 19.5 Å². The first-order valence-corrected chi connectivity index (χ1v) is 10.9. The largest absolute Gasteiger partial charge is 0.493 e. The summed E-state index contributed by atoms with van der Waals surface area (Å²) >= 11 is 0. The topological polar surface area (TPSA) is 63.6 Å². The number of aromatic nitrogens is 1. The van der Waals surface area contributed by atoms with Gasteiger partial charge in [0.1, 0.15) is 5.75 Å². The van der Waals surface area contributed by atoms with Crippen molar-refractivity contribution in [3.05, 3.63) is 71.0 Å². The molecule has 0 fully saturated rings. The van der Waals surface area contributed by atoms with Crippen molar-refractivity contribution in [2.24, 2.45) is 7.05 Å². The van der Waals surface area contributed by atoms with Gasteiger partial charge in [-0.05, 0) is 44.0 Å². The van der Waals surface area contributed by atoms with Crippen molar-refractivity contribution < 1.29 is 9.53 Å². The highest BCUT2D eigenvalue weighted by atomic mass is 16.5. The Morgan fingerprint density at radius 2 is 1.81 bits per heavy atom. The summed E-state index contributed by atoms with van der Waals surface area (Å²) in [6, 6.07) is 19.5. The monoisotopic (exact) mass is 421 g/mol. The molecule has 1 amide bonds. The lowest BCUT2D eigenvalue weighted by molar-refractivity contribution is -0.121. The normalized spacial score (nSPS) is 10.8. The maximum Gasteiger partial charge on any atom is 0.254 e. The summed E-state index contributed by atoms with van der Waals surface area (Å²) in [6.07, 6.45) is 1.89. The smallest absolute Gasteiger partial charge is 0.254 e. The van der Waals surface area contributed by atoms with Gasteiger partial charge in [-0.3, -0.25) is 9.59 Å². The second-order valence-electron chi connectivity index (χ2n) is 7.49. The number of nitrogens with one attached hydrogen (secondary N) is 1. The third kappa shape index (κ3) is 6.10. The molecule has 2 aromatic carbocycles. The van der Waals surface area contributed by atoms with E-state index in [1.54, 1.807) is 11.6 Å². The van der Waals surface area contributed by atoms with Gasteiger partial charge in [0.15, 0.2) is 0 Å². The van der Waals surface area contributed by atoms with Crippen molar-refractivity contribution in [3.63, 3.8) is 0 Å². The SMILES string of the molecule is CCN(CCCNC(=O)CCCOc1cc(=O)n(C)c2ccccc12)c1ccccc1. The maximum atomic E-state index is 12.1. The van der Waals surface area contributed by atoms with Crippen LogP contribution < -0.4 is 20.5 Å². The maximum absolute atomic E-state index is 12.1. The minimum absolute atomic E-state index is 0.0280. The van der Waals surface area contributed by atoms with Gasteiger partial charge in [0.2, 0.25) is 5.91 Å². The van der Waals surface area contributed by atoms with Gasteiger partial charge in [-0.1, -0.05) is 30.3 Å². The number of anilines is 1. The van der Waals surface area contributed by atoms with Crippen molar-refractivity contribution in [1.29, 1.82) is 0 Å². The molecule has 1 N–H and O–H groups in total. The van der Waals surface area contributed by atoms with E-state index in [1.807, 2.05) is 42.5 Å². The Labute approximate surface area is 183 Å². The molecule has 6 nitrogen and oxygen atoms in total. The molecule has 0 unspecified atom stereocenters. The van der Waals surface area contributed by atoms with E-state index in [4.69, 9.17) is 4.74 Å². The Morgan fingerprint density at radius 3 is 2.58 bits per heavy atom. The van der Waals surface area contributed by atoms with E-state index >= 15 is 0 Å². The number of hydrogen-bond donors (Lipinski definition) is 1. The number of benzene rings is 2. The molecule has 1 aromatic heterocycles. The number of fused-ring (bicyclic) bond motifs is 1. The first-order valence-electron chi connectivity index (χ1n) is 10.9. The van der Waals surface area contributed by atoms with E-state index in [1.165, 1.54) is 11.8 Å². The number of carbonyl (C=O) groups is 1. The van der Waals surface area contributed by atoms with E-state index in [2.05, 4.69) is 29.3 Å². The van der Waals surface area contributed by atoms with Crippen molar-refractivity contribution in [1.82, 2.24) is 9.88 Å². The predicted molar refractivity (Wildman–Crippen MR) is 126 cm³/mol. The zero-order valence-corrected chi connectivity index (χ0v) is 18.3. The molecule has 0 saturated carbocycles. The summed E-state index contributed by atoms with van der Waals surface area (Å²) < 4.78 is 7.43. The Kier molecular flexibility index (Phi) is 8.10. The molecule has 0 saturated heterocycles. The Balaban J connectivity index is 1.38. The van der Waals surface area contributed by atoms with Crippen LogP contribution in [0.5, 0.6) is 5.75 Å². The molecule has 164 valence electrons. The zero-order chi connectivity index (χ0) is 22.1. The number of para-hydroxylation sites is 2. The number of carbonyl (C=O) groups excluding carboxylic acids is 1. The van der Waals surface area contributed by atoms with E-state index in [-0.39, 0.29) is 11.5 Å². The van der Waals surface area contributed by atoms with Crippen molar-refractivity contribution in [2.75, 3.05) is 31.1 Å². The van der Waals surface area contributed by atoms with Crippen LogP contribution >= 0.6 is 0 Å². The predicted octanol–water partition coefficient (Wildman–Crippen LogP) is 3.73. The van der Waals surface area contributed by atoms with Crippen LogP contribution in [0.15, 0.2) is 65.5 Å². The summed E-state index contributed by atoms with van der Waals surface area (Å²) in [4.78, 5) is 26.5. The lowest BCUT2D eigenvalue weighted by Gasteiger charge is -2.23. The lowest BCUT2D eigenvalue weighted by atomic mass is 10.2. The highest BCUT2D eigenvalue weighted by Gasteiger charge is 2.08. The minimum atomic E-state index is -0.108. The molecule has 0 aliphatic rings. The number of hydrogen-bond acceptors (Lipinski definition) is 4. The van der Waals surface area contributed by atoms with Gasteiger partial charge >= 0.3 is 0 Å². The molecule has 0 bridgehead atoms. The molecule has 0 aliphatic carbocycles. The first-order chi connectivity index (χ1) is 15.1. The summed E-state index contributed by atoms with van der Waals surface area (Å²) in [5, 5.41) is 3.88. The van der Waals surface area contributed by atoms with Gasteiger partial charge in [0, 0.05) is 50.2 Å². The average molecular weight is 422 g/mol. The number of amides is 1. The zero-order valence-electron chi connectivity index (χ0n) is 18.3. The molecule has 3 rings (SSSR count). The van der Waals surface area contributed by atoms with Crippen molar-refractivity contribution >= 4 is 22.5 Å². The number of rotatable bonds is 11. The third-order valence-electron chi connectivity index (χ3n) is 5.35. The number of pyridine rings is 1. The highest BCUT2D eigenvalue weighted by Crippen LogP contribution is 2.23. The van der Waals surface area contributed by atoms with Gasteiger partial charge in [-0.15, -0.1) is 0 Å². The van der Waals surface area contributed by atoms with Crippen LogP contribution in [0.2, 0.25) is 0 Å². The van der Waals surface area contributed by atoms with Crippen LogP contribution in [0.25, 0.3) is 10.9 Å². The van der Waals surface area contributed by atoms with Gasteiger partial charge in [0.05, 0.1) is 12.1 Å². The number of ether oxygens (including phenoxy) is 1. The standard InChI is InChI=1S/C25H31N3O3/c1-3-28(20-11-5-4-6-12-20)17-10-16-26-24(29)15-9-18-31-23-19-25(30)27(2)22-14-8-7-13-21(22)23/h4-8,11-14,19H,3,9-10,15-18H2,1-2H3,(H,26,29). The van der Waals surface area contributed by atoms with Crippen LogP contribution in [0.3, 0.4) is 0 Å². The number of nitrogens with zero attached hydrogens (tertiary/aromatic N) is 2. The molecular weight excluding hydrogens is 390 g/mol. The summed E-state index contributed by atoms with van der Waals surface area (Å²) in [5.41, 5.74) is 1.93. The lowest BCUT2D eigenvalue weighted by Crippen LogP contribution is -2.30. The molecule has 0 aliphatic heterocycles. The molecule has 31 heavy (non-hydrogen) atoms. The number of aryl methyl sites for hydroxylation is 1. The summed E-state index contributed by atoms with van der Waals surface area (Å²) in [7, 11) is 1.75. The van der Waals surface area contributed by atoms with Gasteiger partial charge in [-0.25, -0.2) is 0 Å². The first kappa shape index (κ1) is 22.4. The van der Waals surface area contributed by atoms with E-state index in [9.17, 15) is 9.59 Å². The third-order valence-corrected chi connectivity index (χ3v) is 5.35. The second-order valence-corrected chi connectivity index (χ2v) is 7.49. The van der Waals surface area contributed by atoms with Crippen LogP contribution in [0.1, 0.15) is 26.2 Å². The molecule has 1 heterocycles. The van der Waals surface area contributed by atoms with E-state index in [0.29, 0.717) is 31.7 Å². The molecule has 0 radical (unpaired) electrons. The van der Waals surface area contributed by atoms with E-state index in [0.717, 1.165) is 30.4 Å². The van der Waals surface area contributed by atoms with Crippen molar-refractivity contribution in [2.45, 2.75) is 26.2 Å². The van der Waals surface area contributed by atoms with E-state index < -0.39 is 0 Å². The second kappa shape index (κ2) is 11.2. The molecule has 0 spiro atoms. The van der Waals surface area contributed by atoms with Crippen LogP contribution in [0, 0.1) is 0 Å². The van der Waals surface area contributed by atoms with Gasteiger partial charge in [-0.2, -0.15) is 0 Å². The van der Waals surface area contributed by atoms with Crippen LogP contribution in [0.4, 0.5) is 5.69 Å². The van der Waals surface area contributed by atoms with Gasteiger partial charge in [0.25, 0.3) is 5.56 Å². The fourth-order valence-electron chi connectivity index (χ4n) is 3.61. The van der Waals surface area contributed by atoms with Crippen molar-refractivity contribution in [3.8, 4) is 5.75 Å². The summed E-state index contributed by atoms with van der Waals surface area (Å²) in [6.45, 7) is 5.02. The Bertz CT molecular complexity index is 1050. The molecular formula is C25H31N3O3. The van der Waals surface area contributed by atoms with Crippen LogP contribution in [-0.2, 0) is 11.8 Å². The fourth-order valence-corrected chi connectivity index (χ4v) is 3.61.